The summed E-state index contributed by atoms with van der Waals surface area (Å²) >= 11 is 0. The Labute approximate surface area is 109 Å². The molecule has 1 aromatic heterocycles. The van der Waals surface area contributed by atoms with Crippen LogP contribution in [0, 0.1) is 25.2 Å². The summed E-state index contributed by atoms with van der Waals surface area (Å²) in [6.07, 6.45) is 7.18. The molecule has 1 N–H and O–H groups in total. The lowest BCUT2D eigenvalue weighted by Gasteiger charge is -2.11. The van der Waals surface area contributed by atoms with Crippen LogP contribution >= 0.6 is 0 Å². The molecule has 2 rings (SSSR count). The SMILES string of the molecule is Cc1cc(NCCC2=CCCC2)c(C#N)c(C)n1. The fraction of sp³-hybridized carbons (Fsp3) is 0.467. The molecule has 0 aliphatic heterocycles. The third-order valence-electron chi connectivity index (χ3n) is 3.34. The highest BCUT2D eigenvalue weighted by Crippen LogP contribution is 2.22. The molecule has 0 saturated heterocycles. The second-order valence-electron chi connectivity index (χ2n) is 4.81. The van der Waals surface area contributed by atoms with E-state index in [1.807, 2.05) is 19.9 Å². The van der Waals surface area contributed by atoms with Gasteiger partial charge in [0.15, 0.2) is 0 Å². The Kier molecular flexibility index (Phi) is 3.99. The summed E-state index contributed by atoms with van der Waals surface area (Å²) in [7, 11) is 0. The first-order valence-corrected chi connectivity index (χ1v) is 6.51. The van der Waals surface area contributed by atoms with Crippen LogP contribution in [0.25, 0.3) is 0 Å². The number of nitrogens with zero attached hydrogens (tertiary/aromatic N) is 2. The van der Waals surface area contributed by atoms with Crippen LogP contribution in [0.5, 0.6) is 0 Å². The Hall–Kier alpha value is -1.82. The summed E-state index contributed by atoms with van der Waals surface area (Å²) in [5.41, 5.74) is 4.89. The van der Waals surface area contributed by atoms with Crippen molar-refractivity contribution in [3.8, 4) is 6.07 Å². The van der Waals surface area contributed by atoms with Crippen molar-refractivity contribution in [2.45, 2.75) is 39.5 Å². The number of hydrogen-bond acceptors (Lipinski definition) is 3. The molecule has 0 unspecified atom stereocenters. The molecule has 1 aliphatic carbocycles. The van der Waals surface area contributed by atoms with E-state index in [0.717, 1.165) is 30.0 Å². The van der Waals surface area contributed by atoms with Gasteiger partial charge in [-0.2, -0.15) is 5.26 Å². The number of allylic oxidation sites excluding steroid dienone is 1. The monoisotopic (exact) mass is 241 g/mol. The fourth-order valence-electron chi connectivity index (χ4n) is 2.43. The van der Waals surface area contributed by atoms with E-state index in [0.29, 0.717) is 5.56 Å². The molecule has 1 aliphatic rings. The summed E-state index contributed by atoms with van der Waals surface area (Å²) < 4.78 is 0. The van der Waals surface area contributed by atoms with Gasteiger partial charge in [-0.15, -0.1) is 0 Å². The Morgan fingerprint density at radius 3 is 2.94 bits per heavy atom. The summed E-state index contributed by atoms with van der Waals surface area (Å²) in [6.45, 7) is 4.73. The van der Waals surface area contributed by atoms with E-state index in [4.69, 9.17) is 5.26 Å². The van der Waals surface area contributed by atoms with Gasteiger partial charge in [-0.3, -0.25) is 4.98 Å². The maximum absolute atomic E-state index is 9.16. The molecule has 94 valence electrons. The maximum Gasteiger partial charge on any atom is 0.103 e. The lowest BCUT2D eigenvalue weighted by molar-refractivity contribution is 0.863. The minimum atomic E-state index is 0.668. The van der Waals surface area contributed by atoms with Gasteiger partial charge in [0.05, 0.1) is 16.9 Å². The number of aromatic nitrogens is 1. The van der Waals surface area contributed by atoms with E-state index in [9.17, 15) is 0 Å². The van der Waals surface area contributed by atoms with Gasteiger partial charge in [0.25, 0.3) is 0 Å². The molecule has 3 heteroatoms. The first-order valence-electron chi connectivity index (χ1n) is 6.51. The zero-order valence-electron chi connectivity index (χ0n) is 11.1. The van der Waals surface area contributed by atoms with Crippen molar-refractivity contribution in [2.24, 2.45) is 0 Å². The van der Waals surface area contributed by atoms with Crippen LogP contribution in [-0.2, 0) is 0 Å². The summed E-state index contributed by atoms with van der Waals surface area (Å²) in [6, 6.07) is 4.18. The first-order chi connectivity index (χ1) is 8.70. The van der Waals surface area contributed by atoms with Crippen molar-refractivity contribution in [3.63, 3.8) is 0 Å². The highest BCUT2D eigenvalue weighted by Gasteiger charge is 2.08. The molecule has 0 fully saturated rings. The third-order valence-corrected chi connectivity index (χ3v) is 3.34. The van der Waals surface area contributed by atoms with Crippen LogP contribution in [0.1, 0.15) is 42.6 Å². The van der Waals surface area contributed by atoms with Crippen molar-refractivity contribution in [1.82, 2.24) is 4.98 Å². The lowest BCUT2D eigenvalue weighted by Crippen LogP contribution is -2.06. The molecule has 1 aromatic rings. The Morgan fingerprint density at radius 2 is 2.28 bits per heavy atom. The third kappa shape index (κ3) is 2.89. The normalized spacial score (nSPS) is 14.2. The van der Waals surface area contributed by atoms with Gasteiger partial charge in [0.2, 0.25) is 0 Å². The summed E-state index contributed by atoms with van der Waals surface area (Å²) in [5.74, 6) is 0. The molecule has 0 saturated carbocycles. The maximum atomic E-state index is 9.16. The molecule has 1 heterocycles. The minimum Gasteiger partial charge on any atom is -0.384 e. The summed E-state index contributed by atoms with van der Waals surface area (Å²) in [4.78, 5) is 4.32. The molecule has 0 amide bonds. The number of hydrogen-bond donors (Lipinski definition) is 1. The highest BCUT2D eigenvalue weighted by atomic mass is 14.9. The molecule has 3 nitrogen and oxygen atoms in total. The zero-order valence-corrected chi connectivity index (χ0v) is 11.1. The number of anilines is 1. The summed E-state index contributed by atoms with van der Waals surface area (Å²) in [5, 5.41) is 12.5. The van der Waals surface area contributed by atoms with E-state index < -0.39 is 0 Å². The van der Waals surface area contributed by atoms with Gasteiger partial charge in [-0.05, 0) is 45.6 Å². The number of nitriles is 1. The fourth-order valence-corrected chi connectivity index (χ4v) is 2.43. The molecular formula is C15H19N3. The van der Waals surface area contributed by atoms with Crippen molar-refractivity contribution in [1.29, 1.82) is 5.26 Å². The number of rotatable bonds is 4. The zero-order chi connectivity index (χ0) is 13.0. The predicted octanol–water partition coefficient (Wildman–Crippen LogP) is 3.48. The van der Waals surface area contributed by atoms with Crippen LogP contribution in [0.3, 0.4) is 0 Å². The molecule has 0 atom stereocenters. The van der Waals surface area contributed by atoms with Gasteiger partial charge < -0.3 is 5.32 Å². The van der Waals surface area contributed by atoms with E-state index in [1.54, 1.807) is 5.57 Å². The van der Waals surface area contributed by atoms with E-state index in [-0.39, 0.29) is 0 Å². The molecular weight excluding hydrogens is 222 g/mol. The average molecular weight is 241 g/mol. The molecule has 0 spiro atoms. The lowest BCUT2D eigenvalue weighted by atomic mass is 10.1. The smallest absolute Gasteiger partial charge is 0.103 e. The number of nitrogens with one attached hydrogen (secondary N) is 1. The van der Waals surface area contributed by atoms with Crippen LogP contribution in [0.2, 0.25) is 0 Å². The van der Waals surface area contributed by atoms with E-state index >= 15 is 0 Å². The van der Waals surface area contributed by atoms with E-state index in [1.165, 1.54) is 19.3 Å². The quantitative estimate of drug-likeness (QED) is 0.821. The van der Waals surface area contributed by atoms with Crippen LogP contribution in [0.15, 0.2) is 17.7 Å². The largest absolute Gasteiger partial charge is 0.384 e. The molecule has 0 bridgehead atoms. The van der Waals surface area contributed by atoms with Gasteiger partial charge in [0, 0.05) is 12.2 Å². The van der Waals surface area contributed by atoms with Crippen molar-refractivity contribution < 1.29 is 0 Å². The standard InChI is InChI=1S/C15H19N3/c1-11-9-15(14(10-16)12(2)18-11)17-8-7-13-5-3-4-6-13/h5,9H,3-4,6-8H2,1-2H3,(H,17,18). The van der Waals surface area contributed by atoms with E-state index in [2.05, 4.69) is 22.4 Å². The van der Waals surface area contributed by atoms with Crippen molar-refractivity contribution in [2.75, 3.05) is 11.9 Å². The van der Waals surface area contributed by atoms with Gasteiger partial charge in [-0.1, -0.05) is 11.6 Å². The Balaban J connectivity index is 2.02. The van der Waals surface area contributed by atoms with Crippen LogP contribution in [-0.4, -0.2) is 11.5 Å². The molecule has 0 aromatic carbocycles. The highest BCUT2D eigenvalue weighted by molar-refractivity contribution is 5.59. The van der Waals surface area contributed by atoms with Gasteiger partial charge >= 0.3 is 0 Å². The van der Waals surface area contributed by atoms with Gasteiger partial charge in [0.1, 0.15) is 6.07 Å². The Bertz CT molecular complexity index is 509. The second-order valence-corrected chi connectivity index (χ2v) is 4.81. The first kappa shape index (κ1) is 12.6. The average Bonchev–Trinajstić information content (AvgIpc) is 2.81. The minimum absolute atomic E-state index is 0.668. The molecule has 18 heavy (non-hydrogen) atoms. The Morgan fingerprint density at radius 1 is 1.44 bits per heavy atom. The number of aryl methyl sites for hydroxylation is 2. The molecule has 0 radical (unpaired) electrons. The van der Waals surface area contributed by atoms with Crippen molar-refractivity contribution in [3.05, 3.63) is 34.7 Å². The van der Waals surface area contributed by atoms with Crippen LogP contribution in [0.4, 0.5) is 5.69 Å². The second kappa shape index (κ2) is 5.68. The van der Waals surface area contributed by atoms with Crippen LogP contribution < -0.4 is 5.32 Å². The predicted molar refractivity (Wildman–Crippen MR) is 73.5 cm³/mol. The van der Waals surface area contributed by atoms with Crippen molar-refractivity contribution >= 4 is 5.69 Å². The number of pyridine rings is 1. The van der Waals surface area contributed by atoms with Gasteiger partial charge in [-0.25, -0.2) is 0 Å². The topological polar surface area (TPSA) is 48.7 Å².